The standard InChI is InChI=1S/C25H24N2O3S/c1-18-6-10-23(11-7-18)31(29,30)27-15-13-21-9-8-20(17-24(21)27)12-14-26-25(28)22-5-3-4-19(2)16-22/h3-11,13,15-17H,12,14H2,1-2H3,(H,26,28). The SMILES string of the molecule is Cc1ccc(S(=O)(=O)n2ccc3ccc(CCNC(=O)c4cccc(C)c4)cc32)cc1. The maximum Gasteiger partial charge on any atom is 0.268 e. The minimum Gasteiger partial charge on any atom is -0.352 e. The van der Waals surface area contributed by atoms with Crippen molar-refractivity contribution in [2.75, 3.05) is 6.54 Å². The van der Waals surface area contributed by atoms with Crippen LogP contribution < -0.4 is 5.32 Å². The number of amides is 1. The maximum atomic E-state index is 13.1. The Kier molecular flexibility index (Phi) is 5.65. The van der Waals surface area contributed by atoms with E-state index >= 15 is 0 Å². The number of hydrogen-bond acceptors (Lipinski definition) is 3. The second-order valence-corrected chi connectivity index (χ2v) is 9.51. The third-order valence-corrected chi connectivity index (χ3v) is 6.98. The molecule has 6 heteroatoms. The van der Waals surface area contributed by atoms with Gasteiger partial charge in [0.05, 0.1) is 10.4 Å². The minimum absolute atomic E-state index is 0.116. The molecule has 3 aromatic carbocycles. The lowest BCUT2D eigenvalue weighted by Crippen LogP contribution is -2.25. The van der Waals surface area contributed by atoms with E-state index < -0.39 is 10.0 Å². The first-order valence-corrected chi connectivity index (χ1v) is 11.6. The first-order chi connectivity index (χ1) is 14.8. The van der Waals surface area contributed by atoms with Crippen LogP contribution in [0.1, 0.15) is 27.0 Å². The number of nitrogens with zero attached hydrogens (tertiary/aromatic N) is 1. The largest absolute Gasteiger partial charge is 0.352 e. The number of aromatic nitrogens is 1. The van der Waals surface area contributed by atoms with Gasteiger partial charge in [0.15, 0.2) is 0 Å². The molecule has 1 N–H and O–H groups in total. The Morgan fingerprint density at radius 1 is 0.903 bits per heavy atom. The highest BCUT2D eigenvalue weighted by Gasteiger charge is 2.19. The first-order valence-electron chi connectivity index (χ1n) is 10.1. The molecule has 158 valence electrons. The number of rotatable bonds is 6. The molecular formula is C25H24N2O3S. The van der Waals surface area contributed by atoms with Gasteiger partial charge >= 0.3 is 0 Å². The summed E-state index contributed by atoms with van der Waals surface area (Å²) in [7, 11) is -3.68. The average molecular weight is 433 g/mol. The third kappa shape index (κ3) is 4.39. The molecule has 1 heterocycles. The van der Waals surface area contributed by atoms with Crippen LogP contribution in [0.15, 0.2) is 83.9 Å². The van der Waals surface area contributed by atoms with E-state index in [4.69, 9.17) is 0 Å². The van der Waals surface area contributed by atoms with Gasteiger partial charge in [-0.3, -0.25) is 4.79 Å². The molecule has 0 fully saturated rings. The monoisotopic (exact) mass is 432 g/mol. The van der Waals surface area contributed by atoms with Crippen molar-refractivity contribution in [3.05, 3.63) is 101 Å². The Morgan fingerprint density at radius 2 is 1.68 bits per heavy atom. The van der Waals surface area contributed by atoms with E-state index in [-0.39, 0.29) is 10.8 Å². The second kappa shape index (κ2) is 8.40. The van der Waals surface area contributed by atoms with Crippen LogP contribution in [-0.4, -0.2) is 24.8 Å². The van der Waals surface area contributed by atoms with E-state index in [0.717, 1.165) is 22.1 Å². The second-order valence-electron chi connectivity index (χ2n) is 7.70. The molecule has 4 aromatic rings. The normalized spacial score (nSPS) is 11.5. The van der Waals surface area contributed by atoms with Crippen molar-refractivity contribution in [2.45, 2.75) is 25.2 Å². The Hall–Kier alpha value is -3.38. The van der Waals surface area contributed by atoms with Crippen LogP contribution in [0.5, 0.6) is 0 Å². The number of benzene rings is 3. The maximum absolute atomic E-state index is 13.1. The summed E-state index contributed by atoms with van der Waals surface area (Å²) in [5, 5.41) is 3.78. The summed E-state index contributed by atoms with van der Waals surface area (Å²) < 4.78 is 27.6. The van der Waals surface area contributed by atoms with Gasteiger partial charge in [0.2, 0.25) is 0 Å². The first kappa shape index (κ1) is 20.9. The number of carbonyl (C=O) groups is 1. The van der Waals surface area contributed by atoms with Gasteiger partial charge < -0.3 is 5.32 Å². The van der Waals surface area contributed by atoms with Crippen molar-refractivity contribution >= 4 is 26.8 Å². The zero-order chi connectivity index (χ0) is 22.0. The fraction of sp³-hybridized carbons (Fsp3) is 0.160. The van der Waals surface area contributed by atoms with E-state index in [1.807, 2.05) is 50.2 Å². The molecule has 0 bridgehead atoms. The van der Waals surface area contributed by atoms with Gasteiger partial charge in [0.1, 0.15) is 0 Å². The molecule has 0 radical (unpaired) electrons. The Morgan fingerprint density at radius 3 is 2.42 bits per heavy atom. The summed E-state index contributed by atoms with van der Waals surface area (Å²) in [6.45, 7) is 4.33. The van der Waals surface area contributed by atoms with Crippen molar-refractivity contribution in [2.24, 2.45) is 0 Å². The Labute approximate surface area is 182 Å². The van der Waals surface area contributed by atoms with Crippen molar-refractivity contribution in [1.29, 1.82) is 0 Å². The molecule has 0 atom stereocenters. The fourth-order valence-electron chi connectivity index (χ4n) is 3.55. The van der Waals surface area contributed by atoms with Crippen LogP contribution in [-0.2, 0) is 16.4 Å². The fourth-order valence-corrected chi connectivity index (χ4v) is 4.89. The van der Waals surface area contributed by atoms with E-state index in [1.54, 1.807) is 42.6 Å². The van der Waals surface area contributed by atoms with Crippen LogP contribution in [0.3, 0.4) is 0 Å². The molecule has 0 aliphatic rings. The van der Waals surface area contributed by atoms with Gasteiger partial charge in [-0.2, -0.15) is 0 Å². The van der Waals surface area contributed by atoms with Gasteiger partial charge in [0.25, 0.3) is 15.9 Å². The van der Waals surface area contributed by atoms with Crippen molar-refractivity contribution in [3.63, 3.8) is 0 Å². The number of hydrogen-bond donors (Lipinski definition) is 1. The van der Waals surface area contributed by atoms with E-state index in [1.165, 1.54) is 3.97 Å². The molecule has 0 saturated carbocycles. The van der Waals surface area contributed by atoms with Crippen molar-refractivity contribution < 1.29 is 13.2 Å². The quantitative estimate of drug-likeness (QED) is 0.489. The van der Waals surface area contributed by atoms with Crippen molar-refractivity contribution in [3.8, 4) is 0 Å². The summed E-state index contributed by atoms with van der Waals surface area (Å²) in [6.07, 6.45) is 2.19. The Balaban J connectivity index is 1.53. The highest BCUT2D eigenvalue weighted by molar-refractivity contribution is 7.90. The van der Waals surface area contributed by atoms with E-state index in [0.29, 0.717) is 24.0 Å². The zero-order valence-electron chi connectivity index (χ0n) is 17.5. The van der Waals surface area contributed by atoms with Gasteiger partial charge in [-0.25, -0.2) is 12.4 Å². The molecule has 5 nitrogen and oxygen atoms in total. The molecule has 0 aliphatic heterocycles. The van der Waals surface area contributed by atoms with Crippen molar-refractivity contribution in [1.82, 2.24) is 9.29 Å². The zero-order valence-corrected chi connectivity index (χ0v) is 18.3. The molecule has 31 heavy (non-hydrogen) atoms. The highest BCUT2D eigenvalue weighted by Crippen LogP contribution is 2.23. The number of fused-ring (bicyclic) bond motifs is 1. The summed E-state index contributed by atoms with van der Waals surface area (Å²) >= 11 is 0. The molecular weight excluding hydrogens is 408 g/mol. The van der Waals surface area contributed by atoms with Crippen LogP contribution in [0.25, 0.3) is 10.9 Å². The van der Waals surface area contributed by atoms with Gasteiger partial charge in [-0.15, -0.1) is 0 Å². The minimum atomic E-state index is -3.68. The topological polar surface area (TPSA) is 68.2 Å². The molecule has 1 amide bonds. The lowest BCUT2D eigenvalue weighted by molar-refractivity contribution is 0.0954. The van der Waals surface area contributed by atoms with Gasteiger partial charge in [-0.1, -0.05) is 47.5 Å². The molecule has 0 aliphatic carbocycles. The van der Waals surface area contributed by atoms with Gasteiger partial charge in [0, 0.05) is 23.7 Å². The molecule has 0 spiro atoms. The predicted octanol–water partition coefficient (Wildman–Crippen LogP) is 4.47. The molecule has 1 aromatic heterocycles. The van der Waals surface area contributed by atoms with Gasteiger partial charge in [-0.05, 0) is 62.2 Å². The molecule has 0 unspecified atom stereocenters. The summed E-state index contributed by atoms with van der Waals surface area (Å²) in [4.78, 5) is 12.6. The van der Waals surface area contributed by atoms with Crippen LogP contribution in [0.4, 0.5) is 0 Å². The van der Waals surface area contributed by atoms with E-state index in [9.17, 15) is 13.2 Å². The summed E-state index contributed by atoms with van der Waals surface area (Å²) in [5.41, 5.74) is 4.26. The van der Waals surface area contributed by atoms with Crippen LogP contribution >= 0.6 is 0 Å². The van der Waals surface area contributed by atoms with E-state index in [2.05, 4.69) is 5.32 Å². The highest BCUT2D eigenvalue weighted by atomic mass is 32.2. The number of carbonyl (C=O) groups excluding carboxylic acids is 1. The third-order valence-electron chi connectivity index (χ3n) is 5.28. The molecule has 0 saturated heterocycles. The summed E-state index contributed by atoms with van der Waals surface area (Å²) in [5.74, 6) is -0.116. The number of nitrogens with one attached hydrogen (secondary N) is 1. The summed E-state index contributed by atoms with van der Waals surface area (Å²) in [6, 6.07) is 21.8. The lowest BCUT2D eigenvalue weighted by Gasteiger charge is -2.10. The number of aryl methyl sites for hydroxylation is 2. The predicted molar refractivity (Wildman–Crippen MR) is 123 cm³/mol. The Bertz CT molecular complexity index is 1350. The average Bonchev–Trinajstić information content (AvgIpc) is 3.18. The van der Waals surface area contributed by atoms with Crippen LogP contribution in [0, 0.1) is 13.8 Å². The van der Waals surface area contributed by atoms with Crippen LogP contribution in [0.2, 0.25) is 0 Å². The lowest BCUT2D eigenvalue weighted by atomic mass is 10.1. The molecule has 4 rings (SSSR count). The smallest absolute Gasteiger partial charge is 0.268 e.